The Hall–Kier alpha value is -2.39. The maximum atomic E-state index is 11.6. The fourth-order valence-corrected chi connectivity index (χ4v) is 1.74. The third-order valence-electron chi connectivity index (χ3n) is 2.81. The Morgan fingerprint density at radius 1 is 0.857 bits per heavy atom. The second kappa shape index (κ2) is 8.72. The molecule has 0 aliphatic carbocycles. The monoisotopic (exact) mass is 282 g/mol. The Bertz CT molecular complexity index is 562. The van der Waals surface area contributed by atoms with E-state index in [-0.39, 0.29) is 12.6 Å². The summed E-state index contributed by atoms with van der Waals surface area (Å²) in [7, 11) is 0. The first kappa shape index (κ1) is 15.0. The van der Waals surface area contributed by atoms with E-state index >= 15 is 0 Å². The van der Waals surface area contributed by atoms with Crippen LogP contribution >= 0.6 is 0 Å². The predicted octanol–water partition coefficient (Wildman–Crippen LogP) is 3.62. The molecule has 0 atom stereocenters. The van der Waals surface area contributed by atoms with Crippen molar-refractivity contribution in [3.63, 3.8) is 0 Å². The van der Waals surface area contributed by atoms with E-state index in [4.69, 9.17) is 9.47 Å². The van der Waals surface area contributed by atoms with Crippen LogP contribution in [0.25, 0.3) is 0 Å². The van der Waals surface area contributed by atoms with Gasteiger partial charge in [-0.25, -0.2) is 4.79 Å². The van der Waals surface area contributed by atoms with E-state index < -0.39 is 0 Å². The van der Waals surface area contributed by atoms with Crippen molar-refractivity contribution in [2.75, 3.05) is 13.2 Å². The van der Waals surface area contributed by atoms with Crippen molar-refractivity contribution in [3.05, 3.63) is 83.9 Å². The third kappa shape index (κ3) is 5.63. The van der Waals surface area contributed by atoms with Crippen LogP contribution < -0.4 is 0 Å². The summed E-state index contributed by atoms with van der Waals surface area (Å²) in [6.45, 7) is 1.33. The maximum absolute atomic E-state index is 11.6. The summed E-state index contributed by atoms with van der Waals surface area (Å²) in [4.78, 5) is 11.6. The average Bonchev–Trinajstić information content (AvgIpc) is 2.55. The van der Waals surface area contributed by atoms with Crippen LogP contribution in [0, 0.1) is 0 Å². The molecule has 2 rings (SSSR count). The Morgan fingerprint density at radius 2 is 1.48 bits per heavy atom. The van der Waals surface area contributed by atoms with E-state index in [0.717, 1.165) is 5.56 Å². The molecule has 0 bridgehead atoms. The van der Waals surface area contributed by atoms with Gasteiger partial charge in [0.2, 0.25) is 0 Å². The topological polar surface area (TPSA) is 35.5 Å². The number of esters is 1. The lowest BCUT2D eigenvalue weighted by atomic mass is 10.2. The van der Waals surface area contributed by atoms with E-state index in [9.17, 15) is 4.79 Å². The quantitative estimate of drug-likeness (QED) is 0.442. The SMILES string of the molecule is O=C(OCC=CCOCc1ccccc1)c1ccccc1. The molecule has 2 aromatic rings. The highest BCUT2D eigenvalue weighted by atomic mass is 16.5. The summed E-state index contributed by atoms with van der Waals surface area (Å²) < 4.78 is 10.6. The fraction of sp³-hybridized carbons (Fsp3) is 0.167. The molecule has 0 saturated carbocycles. The summed E-state index contributed by atoms with van der Waals surface area (Å²) in [6.07, 6.45) is 3.63. The highest BCUT2D eigenvalue weighted by Gasteiger charge is 2.03. The second-order valence-electron chi connectivity index (χ2n) is 4.44. The maximum Gasteiger partial charge on any atom is 0.338 e. The molecule has 0 radical (unpaired) electrons. The van der Waals surface area contributed by atoms with E-state index in [1.165, 1.54) is 0 Å². The van der Waals surface area contributed by atoms with Crippen LogP contribution in [0.2, 0.25) is 0 Å². The second-order valence-corrected chi connectivity index (χ2v) is 4.44. The predicted molar refractivity (Wildman–Crippen MR) is 82.0 cm³/mol. The van der Waals surface area contributed by atoms with E-state index in [2.05, 4.69) is 0 Å². The van der Waals surface area contributed by atoms with Crippen LogP contribution in [-0.4, -0.2) is 19.2 Å². The van der Waals surface area contributed by atoms with Gasteiger partial charge in [-0.05, 0) is 23.8 Å². The van der Waals surface area contributed by atoms with Gasteiger partial charge >= 0.3 is 5.97 Å². The zero-order valence-corrected chi connectivity index (χ0v) is 11.8. The molecular weight excluding hydrogens is 264 g/mol. The summed E-state index contributed by atoms with van der Waals surface area (Å²) in [6, 6.07) is 18.9. The van der Waals surface area contributed by atoms with Gasteiger partial charge in [0.1, 0.15) is 6.61 Å². The van der Waals surface area contributed by atoms with Crippen LogP contribution in [0.3, 0.4) is 0 Å². The van der Waals surface area contributed by atoms with Crippen LogP contribution in [-0.2, 0) is 16.1 Å². The Balaban J connectivity index is 1.59. The molecular formula is C18H18O3. The molecule has 0 heterocycles. The Kier molecular flexibility index (Phi) is 6.23. The molecule has 2 aromatic carbocycles. The summed E-state index contributed by atoms with van der Waals surface area (Å²) in [5.74, 6) is -0.314. The van der Waals surface area contributed by atoms with Crippen molar-refractivity contribution < 1.29 is 14.3 Å². The number of benzene rings is 2. The molecule has 3 heteroatoms. The molecule has 0 aromatic heterocycles. The van der Waals surface area contributed by atoms with Gasteiger partial charge in [-0.15, -0.1) is 0 Å². The lowest BCUT2D eigenvalue weighted by molar-refractivity contribution is 0.0548. The van der Waals surface area contributed by atoms with Crippen molar-refractivity contribution in [2.24, 2.45) is 0 Å². The largest absolute Gasteiger partial charge is 0.458 e. The van der Waals surface area contributed by atoms with Gasteiger partial charge in [-0.1, -0.05) is 54.6 Å². The Morgan fingerprint density at radius 3 is 2.19 bits per heavy atom. The molecule has 0 saturated heterocycles. The number of hydrogen-bond donors (Lipinski definition) is 0. The first-order valence-corrected chi connectivity index (χ1v) is 6.85. The molecule has 0 aliphatic rings. The van der Waals surface area contributed by atoms with Gasteiger partial charge in [0.25, 0.3) is 0 Å². The number of carbonyl (C=O) groups is 1. The molecule has 0 aliphatic heterocycles. The minimum atomic E-state index is -0.314. The first-order chi connectivity index (χ1) is 10.4. The zero-order chi connectivity index (χ0) is 14.8. The van der Waals surface area contributed by atoms with Gasteiger partial charge in [0.05, 0.1) is 18.8 Å². The summed E-state index contributed by atoms with van der Waals surface area (Å²) in [5.41, 5.74) is 1.70. The van der Waals surface area contributed by atoms with E-state index in [1.807, 2.05) is 54.6 Å². The highest BCUT2D eigenvalue weighted by molar-refractivity contribution is 5.89. The molecule has 0 N–H and O–H groups in total. The van der Waals surface area contributed by atoms with Crippen LogP contribution in [0.5, 0.6) is 0 Å². The van der Waals surface area contributed by atoms with Crippen molar-refractivity contribution in [3.8, 4) is 0 Å². The normalized spacial score (nSPS) is 10.7. The lowest BCUT2D eigenvalue weighted by Gasteiger charge is -2.02. The standard InChI is InChI=1S/C18H18O3/c19-18(17-11-5-2-6-12-17)21-14-8-7-13-20-15-16-9-3-1-4-10-16/h1-12H,13-15H2. The smallest absolute Gasteiger partial charge is 0.338 e. The van der Waals surface area contributed by atoms with E-state index in [0.29, 0.717) is 18.8 Å². The lowest BCUT2D eigenvalue weighted by Crippen LogP contribution is -2.04. The summed E-state index contributed by atoms with van der Waals surface area (Å²) in [5, 5.41) is 0. The number of hydrogen-bond acceptors (Lipinski definition) is 3. The molecule has 0 spiro atoms. The molecule has 0 unspecified atom stereocenters. The zero-order valence-electron chi connectivity index (χ0n) is 11.8. The molecule has 21 heavy (non-hydrogen) atoms. The van der Waals surface area contributed by atoms with Gasteiger partial charge in [-0.3, -0.25) is 0 Å². The molecule has 0 amide bonds. The van der Waals surface area contributed by atoms with Crippen molar-refractivity contribution >= 4 is 5.97 Å². The highest BCUT2D eigenvalue weighted by Crippen LogP contribution is 2.01. The van der Waals surface area contributed by atoms with Gasteiger partial charge in [-0.2, -0.15) is 0 Å². The minimum Gasteiger partial charge on any atom is -0.458 e. The van der Waals surface area contributed by atoms with E-state index in [1.54, 1.807) is 18.2 Å². The Labute approximate surface area is 124 Å². The van der Waals surface area contributed by atoms with Crippen molar-refractivity contribution in [1.82, 2.24) is 0 Å². The number of rotatable bonds is 7. The number of ether oxygens (including phenoxy) is 2. The van der Waals surface area contributed by atoms with Crippen LogP contribution in [0.1, 0.15) is 15.9 Å². The van der Waals surface area contributed by atoms with Gasteiger partial charge < -0.3 is 9.47 Å². The summed E-state index contributed by atoms with van der Waals surface area (Å²) >= 11 is 0. The molecule has 0 fully saturated rings. The minimum absolute atomic E-state index is 0.252. The number of carbonyl (C=O) groups excluding carboxylic acids is 1. The molecule has 3 nitrogen and oxygen atoms in total. The van der Waals surface area contributed by atoms with Gasteiger partial charge in [0.15, 0.2) is 0 Å². The van der Waals surface area contributed by atoms with Crippen molar-refractivity contribution in [2.45, 2.75) is 6.61 Å². The average molecular weight is 282 g/mol. The molecule has 108 valence electrons. The van der Waals surface area contributed by atoms with Crippen LogP contribution in [0.4, 0.5) is 0 Å². The fourth-order valence-electron chi connectivity index (χ4n) is 1.74. The first-order valence-electron chi connectivity index (χ1n) is 6.85. The third-order valence-corrected chi connectivity index (χ3v) is 2.81. The van der Waals surface area contributed by atoms with Crippen LogP contribution in [0.15, 0.2) is 72.8 Å². The van der Waals surface area contributed by atoms with Gasteiger partial charge in [0, 0.05) is 0 Å². The van der Waals surface area contributed by atoms with Crippen molar-refractivity contribution in [1.29, 1.82) is 0 Å².